The van der Waals surface area contributed by atoms with Crippen molar-refractivity contribution in [2.45, 2.75) is 5.33 Å². The van der Waals surface area contributed by atoms with Crippen molar-refractivity contribution < 1.29 is 0 Å². The number of benzene rings is 1. The van der Waals surface area contributed by atoms with E-state index in [9.17, 15) is 0 Å². The van der Waals surface area contributed by atoms with Gasteiger partial charge in [-0.3, -0.25) is 0 Å². The highest BCUT2D eigenvalue weighted by molar-refractivity contribution is 9.10. The van der Waals surface area contributed by atoms with Gasteiger partial charge in [0.25, 0.3) is 0 Å². The first-order chi connectivity index (χ1) is 5.15. The normalized spacial score (nSPS) is 10.2. The predicted octanol–water partition coefficient (Wildman–Crippen LogP) is 4.65. The van der Waals surface area contributed by atoms with E-state index >= 15 is 0 Å². The molecule has 11 heavy (non-hydrogen) atoms. The summed E-state index contributed by atoms with van der Waals surface area (Å²) >= 11 is 18.3. The second-order valence-electron chi connectivity index (χ2n) is 1.99. The third kappa shape index (κ3) is 2.35. The third-order valence-electron chi connectivity index (χ3n) is 1.23. The van der Waals surface area contributed by atoms with Gasteiger partial charge in [-0.15, -0.1) is 0 Å². The van der Waals surface area contributed by atoms with Crippen LogP contribution < -0.4 is 0 Å². The minimum absolute atomic E-state index is 0.684. The summed E-state index contributed by atoms with van der Waals surface area (Å²) in [5.74, 6) is 0. The molecule has 0 saturated heterocycles. The Labute approximate surface area is 92.1 Å². The molecule has 0 nitrogen and oxygen atoms in total. The van der Waals surface area contributed by atoms with E-state index in [2.05, 4.69) is 31.9 Å². The van der Waals surface area contributed by atoms with E-state index in [4.69, 9.17) is 23.2 Å². The molecule has 0 saturated carbocycles. The van der Waals surface area contributed by atoms with Crippen molar-refractivity contribution in [1.82, 2.24) is 0 Å². The van der Waals surface area contributed by atoms with E-state index in [-0.39, 0.29) is 0 Å². The minimum Gasteiger partial charge on any atom is -0.0876 e. The van der Waals surface area contributed by atoms with Gasteiger partial charge in [0.15, 0.2) is 0 Å². The lowest BCUT2D eigenvalue weighted by Gasteiger charge is -2.01. The number of rotatable bonds is 1. The molecule has 1 aromatic carbocycles. The molecule has 0 N–H and O–H groups in total. The smallest absolute Gasteiger partial charge is 0.0552 e. The van der Waals surface area contributed by atoms with Crippen LogP contribution in [-0.2, 0) is 5.33 Å². The topological polar surface area (TPSA) is 0 Å². The van der Waals surface area contributed by atoms with Crippen LogP contribution in [0.1, 0.15) is 5.56 Å². The van der Waals surface area contributed by atoms with Crippen molar-refractivity contribution in [2.75, 3.05) is 0 Å². The lowest BCUT2D eigenvalue weighted by molar-refractivity contribution is 1.42. The Hall–Kier alpha value is 0.760. The van der Waals surface area contributed by atoms with Crippen molar-refractivity contribution in [3.8, 4) is 0 Å². The summed E-state index contributed by atoms with van der Waals surface area (Å²) in [6.07, 6.45) is 0. The molecule has 0 radical (unpaired) electrons. The molecule has 0 unspecified atom stereocenters. The van der Waals surface area contributed by atoms with E-state index in [1.54, 1.807) is 6.07 Å². The molecule has 1 aromatic rings. The van der Waals surface area contributed by atoms with Crippen LogP contribution in [0.25, 0.3) is 0 Å². The molecule has 0 aliphatic rings. The quantitative estimate of drug-likeness (QED) is 0.522. The Morgan fingerprint density at radius 2 is 1.82 bits per heavy atom. The van der Waals surface area contributed by atoms with Crippen LogP contribution in [0.4, 0.5) is 0 Å². The predicted molar refractivity (Wildman–Crippen MR) is 56.8 cm³/mol. The van der Waals surface area contributed by atoms with Gasteiger partial charge in [0, 0.05) is 14.8 Å². The lowest BCUT2D eigenvalue weighted by Crippen LogP contribution is -1.80. The largest absolute Gasteiger partial charge is 0.0876 e. The summed E-state index contributed by atoms with van der Waals surface area (Å²) in [6.45, 7) is 0. The van der Waals surface area contributed by atoms with Gasteiger partial charge in [-0.1, -0.05) is 39.1 Å². The van der Waals surface area contributed by atoms with Crippen molar-refractivity contribution >= 4 is 55.1 Å². The van der Waals surface area contributed by atoms with E-state index < -0.39 is 0 Å². The molecule has 0 atom stereocenters. The van der Waals surface area contributed by atoms with Gasteiger partial charge in [0.1, 0.15) is 0 Å². The highest BCUT2D eigenvalue weighted by Gasteiger charge is 2.03. The summed E-state index contributed by atoms with van der Waals surface area (Å²) in [4.78, 5) is 0. The van der Waals surface area contributed by atoms with Crippen molar-refractivity contribution in [3.63, 3.8) is 0 Å². The summed E-state index contributed by atoms with van der Waals surface area (Å²) in [5.41, 5.74) is 1.000. The molecular weight excluding hydrogens is 315 g/mol. The van der Waals surface area contributed by atoms with Crippen LogP contribution in [0.2, 0.25) is 10.0 Å². The van der Waals surface area contributed by atoms with Gasteiger partial charge in [0.2, 0.25) is 0 Å². The van der Waals surface area contributed by atoms with Gasteiger partial charge in [0.05, 0.1) is 5.02 Å². The monoisotopic (exact) mass is 316 g/mol. The second-order valence-corrected chi connectivity index (χ2v) is 4.22. The molecule has 0 amide bonds. The lowest BCUT2D eigenvalue weighted by atomic mass is 10.2. The zero-order valence-corrected chi connectivity index (χ0v) is 10.1. The molecule has 0 heterocycles. The van der Waals surface area contributed by atoms with Crippen LogP contribution >= 0.6 is 55.1 Å². The maximum absolute atomic E-state index is 5.88. The van der Waals surface area contributed by atoms with Crippen LogP contribution in [-0.4, -0.2) is 0 Å². The summed E-state index contributed by atoms with van der Waals surface area (Å²) in [7, 11) is 0. The Bertz CT molecular complexity index is 273. The van der Waals surface area contributed by atoms with Crippen LogP contribution in [0, 0.1) is 0 Å². The number of hydrogen-bond donors (Lipinski definition) is 0. The van der Waals surface area contributed by atoms with Crippen molar-refractivity contribution in [1.29, 1.82) is 0 Å². The molecular formula is C7H4Br2Cl2. The van der Waals surface area contributed by atoms with Crippen molar-refractivity contribution in [2.24, 2.45) is 0 Å². The fourth-order valence-corrected chi connectivity index (χ4v) is 2.18. The van der Waals surface area contributed by atoms with Gasteiger partial charge in [-0.2, -0.15) is 0 Å². The maximum atomic E-state index is 5.88. The molecule has 0 fully saturated rings. The average Bonchev–Trinajstić information content (AvgIpc) is 1.97. The average molecular weight is 319 g/mol. The molecule has 0 bridgehead atoms. The van der Waals surface area contributed by atoms with Crippen LogP contribution in [0.15, 0.2) is 16.6 Å². The number of alkyl halides is 1. The Morgan fingerprint density at radius 3 is 2.36 bits per heavy atom. The Balaban J connectivity index is 3.21. The maximum Gasteiger partial charge on any atom is 0.0552 e. The SMILES string of the molecule is Clc1cc(CBr)c(Cl)cc1Br. The first kappa shape index (κ1) is 9.85. The fraction of sp³-hybridized carbons (Fsp3) is 0.143. The number of hydrogen-bond acceptors (Lipinski definition) is 0. The highest BCUT2D eigenvalue weighted by atomic mass is 79.9. The zero-order valence-electron chi connectivity index (χ0n) is 5.37. The summed E-state index contributed by atoms with van der Waals surface area (Å²) in [6, 6.07) is 3.63. The molecule has 1 rings (SSSR count). The molecule has 0 spiro atoms. The summed E-state index contributed by atoms with van der Waals surface area (Å²) < 4.78 is 0.828. The second kappa shape index (κ2) is 4.13. The van der Waals surface area contributed by atoms with Gasteiger partial charge in [-0.25, -0.2) is 0 Å². The first-order valence-electron chi connectivity index (χ1n) is 2.84. The molecule has 0 aliphatic heterocycles. The van der Waals surface area contributed by atoms with E-state index in [1.165, 1.54) is 0 Å². The highest BCUT2D eigenvalue weighted by Crippen LogP contribution is 2.30. The van der Waals surface area contributed by atoms with Gasteiger partial charge in [-0.05, 0) is 33.6 Å². The standard InChI is InChI=1S/C7H4Br2Cl2/c8-3-4-1-7(11)5(9)2-6(4)10/h1-2H,3H2. The van der Waals surface area contributed by atoms with E-state index in [0.29, 0.717) is 5.02 Å². The Kier molecular flexibility index (Phi) is 3.69. The Morgan fingerprint density at radius 1 is 1.18 bits per heavy atom. The first-order valence-corrected chi connectivity index (χ1v) is 5.51. The summed E-state index contributed by atoms with van der Waals surface area (Å²) in [5, 5.41) is 2.13. The molecule has 4 heteroatoms. The molecule has 0 aromatic heterocycles. The van der Waals surface area contributed by atoms with Gasteiger partial charge >= 0.3 is 0 Å². The van der Waals surface area contributed by atoms with Crippen LogP contribution in [0.3, 0.4) is 0 Å². The van der Waals surface area contributed by atoms with Crippen molar-refractivity contribution in [3.05, 3.63) is 32.2 Å². The fourth-order valence-electron chi connectivity index (χ4n) is 0.666. The number of halogens is 4. The van der Waals surface area contributed by atoms with E-state index in [0.717, 1.165) is 20.4 Å². The van der Waals surface area contributed by atoms with Crippen LogP contribution in [0.5, 0.6) is 0 Å². The van der Waals surface area contributed by atoms with E-state index in [1.807, 2.05) is 6.07 Å². The molecule has 0 aliphatic carbocycles. The van der Waals surface area contributed by atoms with Gasteiger partial charge < -0.3 is 0 Å². The third-order valence-corrected chi connectivity index (χ3v) is 3.39. The zero-order chi connectivity index (χ0) is 8.43. The minimum atomic E-state index is 0.684. The molecule has 60 valence electrons.